The minimum atomic E-state index is -0.605. The fourth-order valence-corrected chi connectivity index (χ4v) is 1.22. The third kappa shape index (κ3) is 1.69. The van der Waals surface area contributed by atoms with E-state index in [-0.39, 0.29) is 18.7 Å². The molecule has 1 aromatic heterocycles. The number of carbonyl (C=O) groups excluding carboxylic acids is 1. The molecule has 0 atom stereocenters. The summed E-state index contributed by atoms with van der Waals surface area (Å²) in [7, 11) is 2.76. The fraction of sp³-hybridized carbons (Fsp3) is 0.500. The molecular formula is C8H12N2O4. The van der Waals surface area contributed by atoms with Crippen LogP contribution in [0.1, 0.15) is 16.2 Å². The number of H-pyrrole nitrogens is 1. The van der Waals surface area contributed by atoms with Gasteiger partial charge in [0.1, 0.15) is 5.69 Å². The number of aliphatic hydroxyl groups excluding tert-OH is 1. The summed E-state index contributed by atoms with van der Waals surface area (Å²) < 4.78 is 5.77. The van der Waals surface area contributed by atoms with Gasteiger partial charge in [-0.1, -0.05) is 0 Å². The van der Waals surface area contributed by atoms with E-state index in [1.54, 1.807) is 0 Å². The lowest BCUT2D eigenvalue weighted by Gasteiger charge is -2.01. The number of imidazole rings is 1. The lowest BCUT2D eigenvalue weighted by Crippen LogP contribution is -2.15. The second-order valence-corrected chi connectivity index (χ2v) is 2.78. The van der Waals surface area contributed by atoms with Crippen molar-refractivity contribution in [2.24, 2.45) is 7.05 Å². The Morgan fingerprint density at radius 2 is 2.29 bits per heavy atom. The number of nitrogens with one attached hydrogen (secondary N) is 1. The molecular weight excluding hydrogens is 188 g/mol. The van der Waals surface area contributed by atoms with Gasteiger partial charge in [-0.25, -0.2) is 9.59 Å². The molecule has 14 heavy (non-hydrogen) atoms. The van der Waals surface area contributed by atoms with Gasteiger partial charge < -0.3 is 9.84 Å². The number of methoxy groups -OCH3 is 1. The molecule has 0 unspecified atom stereocenters. The third-order valence-corrected chi connectivity index (χ3v) is 1.97. The number of carbonyl (C=O) groups is 1. The fourth-order valence-electron chi connectivity index (χ4n) is 1.22. The summed E-state index contributed by atoms with van der Waals surface area (Å²) in [6.45, 7) is -0.130. The van der Waals surface area contributed by atoms with Crippen molar-refractivity contribution >= 4 is 5.97 Å². The van der Waals surface area contributed by atoms with E-state index in [2.05, 4.69) is 9.72 Å². The molecule has 0 aromatic carbocycles. The quantitative estimate of drug-likeness (QED) is 0.615. The van der Waals surface area contributed by atoms with Crippen molar-refractivity contribution in [3.8, 4) is 0 Å². The van der Waals surface area contributed by atoms with Crippen LogP contribution in [0.4, 0.5) is 0 Å². The van der Waals surface area contributed by atoms with Crippen LogP contribution in [0, 0.1) is 0 Å². The van der Waals surface area contributed by atoms with Crippen LogP contribution in [0.15, 0.2) is 4.79 Å². The van der Waals surface area contributed by atoms with Crippen molar-refractivity contribution in [2.45, 2.75) is 6.42 Å². The molecule has 0 aliphatic rings. The maximum absolute atomic E-state index is 11.2. The van der Waals surface area contributed by atoms with E-state index in [1.807, 2.05) is 0 Å². The largest absolute Gasteiger partial charge is 0.464 e. The average Bonchev–Trinajstić information content (AvgIpc) is 2.45. The van der Waals surface area contributed by atoms with Gasteiger partial charge in [-0.2, -0.15) is 0 Å². The summed E-state index contributed by atoms with van der Waals surface area (Å²) >= 11 is 0. The highest BCUT2D eigenvalue weighted by molar-refractivity contribution is 5.88. The Balaban J connectivity index is 3.21. The van der Waals surface area contributed by atoms with Crippen LogP contribution in [-0.2, 0) is 18.2 Å². The Bertz CT molecular complexity index is 391. The first-order valence-electron chi connectivity index (χ1n) is 4.08. The zero-order valence-corrected chi connectivity index (χ0v) is 8.03. The van der Waals surface area contributed by atoms with Crippen LogP contribution < -0.4 is 5.69 Å². The lowest BCUT2D eigenvalue weighted by atomic mass is 10.2. The first kappa shape index (κ1) is 10.5. The van der Waals surface area contributed by atoms with Crippen LogP contribution >= 0.6 is 0 Å². The lowest BCUT2D eigenvalue weighted by molar-refractivity contribution is 0.0592. The number of rotatable bonds is 3. The second-order valence-electron chi connectivity index (χ2n) is 2.78. The van der Waals surface area contributed by atoms with Crippen molar-refractivity contribution < 1.29 is 14.6 Å². The highest BCUT2D eigenvalue weighted by Gasteiger charge is 2.17. The molecule has 6 nitrogen and oxygen atoms in total. The van der Waals surface area contributed by atoms with Gasteiger partial charge >= 0.3 is 11.7 Å². The van der Waals surface area contributed by atoms with E-state index in [1.165, 1.54) is 18.7 Å². The van der Waals surface area contributed by atoms with Crippen molar-refractivity contribution in [1.82, 2.24) is 9.55 Å². The van der Waals surface area contributed by atoms with Crippen molar-refractivity contribution in [3.63, 3.8) is 0 Å². The van der Waals surface area contributed by atoms with E-state index in [4.69, 9.17) is 5.11 Å². The molecule has 0 radical (unpaired) electrons. The second kappa shape index (κ2) is 4.10. The predicted octanol–water partition coefficient (Wildman–Crippen LogP) is -0.965. The molecule has 0 aliphatic heterocycles. The number of aromatic nitrogens is 2. The minimum absolute atomic E-state index is 0.106. The van der Waals surface area contributed by atoms with Crippen molar-refractivity contribution in [3.05, 3.63) is 21.9 Å². The predicted molar refractivity (Wildman–Crippen MR) is 48.2 cm³/mol. The summed E-state index contributed by atoms with van der Waals surface area (Å²) in [4.78, 5) is 24.7. The maximum atomic E-state index is 11.2. The minimum Gasteiger partial charge on any atom is -0.464 e. The molecule has 0 amide bonds. The van der Waals surface area contributed by atoms with Gasteiger partial charge in [-0.3, -0.25) is 9.55 Å². The first-order valence-corrected chi connectivity index (χ1v) is 4.08. The molecule has 6 heteroatoms. The van der Waals surface area contributed by atoms with E-state index >= 15 is 0 Å². The van der Waals surface area contributed by atoms with E-state index < -0.39 is 11.7 Å². The average molecular weight is 200 g/mol. The molecule has 0 fully saturated rings. The molecule has 0 saturated heterocycles. The molecule has 0 saturated carbocycles. The maximum Gasteiger partial charge on any atom is 0.356 e. The monoisotopic (exact) mass is 200 g/mol. The molecule has 0 aliphatic carbocycles. The number of nitrogens with zero attached hydrogens (tertiary/aromatic N) is 1. The SMILES string of the molecule is COC(=O)c1[nH]c(=O)n(C)c1CCO. The van der Waals surface area contributed by atoms with Gasteiger partial charge in [0, 0.05) is 20.1 Å². The highest BCUT2D eigenvalue weighted by Crippen LogP contribution is 2.05. The summed E-state index contributed by atoms with van der Waals surface area (Å²) in [6, 6.07) is 0. The zero-order valence-electron chi connectivity index (χ0n) is 8.03. The summed E-state index contributed by atoms with van der Waals surface area (Å²) in [5.74, 6) is -0.605. The van der Waals surface area contributed by atoms with Crippen molar-refractivity contribution in [2.75, 3.05) is 13.7 Å². The Morgan fingerprint density at radius 3 is 2.79 bits per heavy atom. The number of aliphatic hydroxyl groups is 1. The van der Waals surface area contributed by atoms with Crippen LogP contribution in [0.3, 0.4) is 0 Å². The Hall–Kier alpha value is -1.56. The normalized spacial score (nSPS) is 10.2. The summed E-state index contributed by atoms with van der Waals surface area (Å²) in [5.41, 5.74) is 0.159. The number of ether oxygens (including phenoxy) is 1. The van der Waals surface area contributed by atoms with Crippen LogP contribution in [0.2, 0.25) is 0 Å². The Kier molecular flexibility index (Phi) is 3.08. The van der Waals surface area contributed by atoms with Crippen LogP contribution in [-0.4, -0.2) is 34.3 Å². The molecule has 0 bridgehead atoms. The van der Waals surface area contributed by atoms with Crippen molar-refractivity contribution in [1.29, 1.82) is 0 Å². The Morgan fingerprint density at radius 1 is 1.64 bits per heavy atom. The van der Waals surface area contributed by atoms with Gasteiger partial charge in [0.15, 0.2) is 0 Å². The zero-order chi connectivity index (χ0) is 10.7. The topological polar surface area (TPSA) is 84.3 Å². The number of hydrogen-bond acceptors (Lipinski definition) is 4. The molecule has 2 N–H and O–H groups in total. The van der Waals surface area contributed by atoms with Gasteiger partial charge in [0.05, 0.1) is 12.8 Å². The van der Waals surface area contributed by atoms with Gasteiger partial charge in [-0.15, -0.1) is 0 Å². The van der Waals surface area contributed by atoms with Crippen LogP contribution in [0.25, 0.3) is 0 Å². The van der Waals surface area contributed by atoms with Gasteiger partial charge in [0.25, 0.3) is 0 Å². The standard InChI is InChI=1S/C8H12N2O4/c1-10-5(3-4-11)6(7(12)14-2)9-8(10)13/h11H,3-4H2,1-2H3,(H,9,13). The van der Waals surface area contributed by atoms with E-state index in [0.29, 0.717) is 5.69 Å². The molecule has 1 aromatic rings. The summed E-state index contributed by atoms with van der Waals surface area (Å²) in [5, 5.41) is 8.75. The molecule has 1 rings (SSSR count). The van der Waals surface area contributed by atoms with E-state index in [0.717, 1.165) is 0 Å². The Labute approximate surface area is 80.1 Å². The van der Waals surface area contributed by atoms with E-state index in [9.17, 15) is 9.59 Å². The smallest absolute Gasteiger partial charge is 0.356 e. The molecule has 1 heterocycles. The van der Waals surface area contributed by atoms with Gasteiger partial charge in [0.2, 0.25) is 0 Å². The molecule has 0 spiro atoms. The van der Waals surface area contributed by atoms with Gasteiger partial charge in [-0.05, 0) is 0 Å². The summed E-state index contributed by atoms with van der Waals surface area (Å²) in [6.07, 6.45) is 0.236. The molecule has 78 valence electrons. The number of hydrogen-bond donors (Lipinski definition) is 2. The van der Waals surface area contributed by atoms with Crippen LogP contribution in [0.5, 0.6) is 0 Å². The highest BCUT2D eigenvalue weighted by atomic mass is 16.5. The number of esters is 1. The third-order valence-electron chi connectivity index (χ3n) is 1.97. The number of aromatic amines is 1. The first-order chi connectivity index (χ1) is 6.61.